The van der Waals surface area contributed by atoms with Gasteiger partial charge in [0, 0.05) is 29.8 Å². The smallest absolute Gasteiger partial charge is 0.243 e. The van der Waals surface area contributed by atoms with Crippen molar-refractivity contribution in [2.45, 2.75) is 18.5 Å². The van der Waals surface area contributed by atoms with Crippen LogP contribution in [0.4, 0.5) is 5.95 Å². The van der Waals surface area contributed by atoms with Crippen LogP contribution in [0.2, 0.25) is 15.1 Å². The van der Waals surface area contributed by atoms with Crippen LogP contribution in [-0.4, -0.2) is 55.4 Å². The van der Waals surface area contributed by atoms with E-state index in [0.717, 1.165) is 0 Å². The number of ether oxygens (including phenoxy) is 3. The molecule has 1 fully saturated rings. The summed E-state index contributed by atoms with van der Waals surface area (Å²) in [5, 5.41) is 7.89. The van der Waals surface area contributed by atoms with E-state index in [2.05, 4.69) is 27.2 Å². The Kier molecular flexibility index (Phi) is 7.86. The fourth-order valence-corrected chi connectivity index (χ4v) is 4.90. The third-order valence-corrected chi connectivity index (χ3v) is 6.72. The van der Waals surface area contributed by atoms with Crippen LogP contribution in [0.15, 0.2) is 37.1 Å². The normalized spacial score (nSPS) is 17.6. The van der Waals surface area contributed by atoms with E-state index in [4.69, 9.17) is 49.0 Å². The summed E-state index contributed by atoms with van der Waals surface area (Å²) in [6, 6.07) is 4.82. The molecule has 8 nitrogen and oxygen atoms in total. The summed E-state index contributed by atoms with van der Waals surface area (Å²) in [4.78, 5) is 20.8. The number of amides is 1. The molecule has 0 aliphatic carbocycles. The maximum atomic E-state index is 11.8. The Bertz CT molecular complexity index is 1260. The number of carbonyl (C=O) groups is 1. The number of halogens is 3. The zero-order valence-corrected chi connectivity index (χ0v) is 21.3. The van der Waals surface area contributed by atoms with Gasteiger partial charge in [0.05, 0.1) is 53.5 Å². The number of hydrogen-bond acceptors (Lipinski definition) is 7. The van der Waals surface area contributed by atoms with Gasteiger partial charge in [0.1, 0.15) is 11.5 Å². The molecule has 1 amide bonds. The minimum Gasteiger partial charge on any atom is -0.495 e. The van der Waals surface area contributed by atoms with Gasteiger partial charge in [-0.1, -0.05) is 41.4 Å². The van der Waals surface area contributed by atoms with Gasteiger partial charge in [-0.2, -0.15) is 0 Å². The van der Waals surface area contributed by atoms with Crippen LogP contribution in [0.3, 0.4) is 0 Å². The highest BCUT2D eigenvalue weighted by Crippen LogP contribution is 2.47. The first-order valence-corrected chi connectivity index (χ1v) is 11.8. The maximum Gasteiger partial charge on any atom is 0.243 e. The number of hydrogen-bond donors (Lipinski definition) is 2. The van der Waals surface area contributed by atoms with Gasteiger partial charge in [-0.25, -0.2) is 9.97 Å². The molecule has 0 bridgehead atoms. The van der Waals surface area contributed by atoms with E-state index in [9.17, 15) is 4.79 Å². The number of nitrogens with one attached hydrogen (secondary N) is 2. The summed E-state index contributed by atoms with van der Waals surface area (Å²) in [6.45, 7) is 4.45. The lowest BCUT2D eigenvalue weighted by atomic mass is 10.0. The molecule has 0 saturated carbocycles. The summed E-state index contributed by atoms with van der Waals surface area (Å²) >= 11 is 19.8. The molecular weight excluding hydrogens is 515 g/mol. The first kappa shape index (κ1) is 25.3. The molecule has 1 saturated heterocycles. The summed E-state index contributed by atoms with van der Waals surface area (Å²) in [5.74, 6) is 0.954. The quantitative estimate of drug-likeness (QED) is 0.403. The third-order valence-electron chi connectivity index (χ3n) is 5.68. The van der Waals surface area contributed by atoms with Gasteiger partial charge in [-0.05, 0) is 30.2 Å². The van der Waals surface area contributed by atoms with E-state index in [1.54, 1.807) is 18.3 Å². The van der Waals surface area contributed by atoms with Crippen LogP contribution >= 0.6 is 34.8 Å². The Morgan fingerprint density at radius 2 is 1.86 bits per heavy atom. The molecule has 3 aromatic rings. The topological polar surface area (TPSA) is 94.6 Å². The van der Waals surface area contributed by atoms with Crippen molar-refractivity contribution in [3.05, 3.63) is 52.1 Å². The van der Waals surface area contributed by atoms with E-state index in [-0.39, 0.29) is 18.0 Å². The average Bonchev–Trinajstić information content (AvgIpc) is 2.86. The highest BCUT2D eigenvalue weighted by molar-refractivity contribution is 6.41. The summed E-state index contributed by atoms with van der Waals surface area (Å²) in [5.41, 5.74) is 1.72. The van der Waals surface area contributed by atoms with Crippen molar-refractivity contribution in [2.75, 3.05) is 32.8 Å². The number of carbonyl (C=O) groups excluding carboxylic acids is 1. The maximum absolute atomic E-state index is 11.8. The third kappa shape index (κ3) is 5.26. The van der Waals surface area contributed by atoms with Crippen molar-refractivity contribution in [2.24, 2.45) is 0 Å². The van der Waals surface area contributed by atoms with Gasteiger partial charge in [0.2, 0.25) is 11.9 Å². The Hall–Kier alpha value is -2.78. The second-order valence-corrected chi connectivity index (χ2v) is 8.97. The van der Waals surface area contributed by atoms with Crippen molar-refractivity contribution in [3.8, 4) is 22.6 Å². The first-order valence-electron chi connectivity index (χ1n) is 10.7. The SMILES string of the molecule is C=CC(=O)N[C@H]1CCOC[C@H]1Nc1ncc2cc(-c3c(Cl)c(OC)cc(OC)c3Cl)cc(Cl)c2n1. The van der Waals surface area contributed by atoms with Gasteiger partial charge in [-0.3, -0.25) is 4.79 Å². The van der Waals surface area contributed by atoms with Crippen molar-refractivity contribution in [3.63, 3.8) is 0 Å². The largest absolute Gasteiger partial charge is 0.495 e. The molecule has 0 unspecified atom stereocenters. The molecule has 4 rings (SSSR count). The van der Waals surface area contributed by atoms with E-state index in [0.29, 0.717) is 74.2 Å². The molecule has 2 heterocycles. The standard InChI is InChI=1S/C24H23Cl3N4O4/c1-4-19(32)29-15-5-6-35-11-16(15)30-24-28-10-13-7-12(8-14(25)23(13)31-24)20-21(26)17(33-2)9-18(34-3)22(20)27/h4,7-10,15-16H,1,5-6,11H2,2-3H3,(H,29,32)(H,28,30,31)/t15-,16+/m0/s1. The fourth-order valence-electron chi connectivity index (χ4n) is 3.92. The van der Waals surface area contributed by atoms with Crippen LogP contribution < -0.4 is 20.1 Å². The lowest BCUT2D eigenvalue weighted by molar-refractivity contribution is -0.117. The number of rotatable bonds is 7. The molecule has 2 N–H and O–H groups in total. The predicted molar refractivity (Wildman–Crippen MR) is 138 cm³/mol. The molecule has 2 aromatic carbocycles. The molecule has 0 radical (unpaired) electrons. The number of nitrogens with zero attached hydrogens (tertiary/aromatic N) is 2. The lowest BCUT2D eigenvalue weighted by Gasteiger charge is -2.32. The molecule has 2 atom stereocenters. The molecule has 1 aliphatic heterocycles. The number of anilines is 1. The molecule has 1 aliphatic rings. The minimum atomic E-state index is -0.245. The van der Waals surface area contributed by atoms with Crippen molar-refractivity contribution in [1.82, 2.24) is 15.3 Å². The summed E-state index contributed by atoms with van der Waals surface area (Å²) in [7, 11) is 3.03. The highest BCUT2D eigenvalue weighted by atomic mass is 35.5. The van der Waals surface area contributed by atoms with E-state index in [1.165, 1.54) is 20.3 Å². The highest BCUT2D eigenvalue weighted by Gasteiger charge is 2.27. The van der Waals surface area contributed by atoms with Crippen LogP contribution in [-0.2, 0) is 9.53 Å². The molecule has 184 valence electrons. The monoisotopic (exact) mass is 536 g/mol. The van der Waals surface area contributed by atoms with Crippen LogP contribution in [0.5, 0.6) is 11.5 Å². The molecular formula is C24H23Cl3N4O4. The zero-order chi connectivity index (χ0) is 25.1. The molecule has 1 aromatic heterocycles. The molecule has 11 heteroatoms. The van der Waals surface area contributed by atoms with Crippen LogP contribution in [0.1, 0.15) is 6.42 Å². The zero-order valence-electron chi connectivity index (χ0n) is 19.0. The van der Waals surface area contributed by atoms with Crippen LogP contribution in [0.25, 0.3) is 22.0 Å². The molecule has 35 heavy (non-hydrogen) atoms. The van der Waals surface area contributed by atoms with Crippen molar-refractivity contribution in [1.29, 1.82) is 0 Å². The van der Waals surface area contributed by atoms with E-state index < -0.39 is 0 Å². The summed E-state index contributed by atoms with van der Waals surface area (Å²) in [6.07, 6.45) is 3.55. The van der Waals surface area contributed by atoms with Crippen molar-refractivity contribution < 1.29 is 19.0 Å². The predicted octanol–water partition coefficient (Wildman–Crippen LogP) is 5.15. The number of methoxy groups -OCH3 is 2. The van der Waals surface area contributed by atoms with Gasteiger partial charge < -0.3 is 24.8 Å². The Balaban J connectivity index is 1.69. The average molecular weight is 538 g/mol. The number of benzene rings is 2. The first-order chi connectivity index (χ1) is 16.9. The number of fused-ring (bicyclic) bond motifs is 1. The van der Waals surface area contributed by atoms with Gasteiger partial charge in [0.25, 0.3) is 0 Å². The Morgan fingerprint density at radius 1 is 1.14 bits per heavy atom. The Morgan fingerprint density at radius 3 is 2.51 bits per heavy atom. The second kappa shape index (κ2) is 10.9. The van der Waals surface area contributed by atoms with Crippen molar-refractivity contribution >= 4 is 57.6 Å². The van der Waals surface area contributed by atoms with Crippen LogP contribution in [0, 0.1) is 0 Å². The van der Waals surface area contributed by atoms with Gasteiger partial charge in [-0.15, -0.1) is 0 Å². The van der Waals surface area contributed by atoms with Gasteiger partial charge in [0.15, 0.2) is 0 Å². The summed E-state index contributed by atoms with van der Waals surface area (Å²) < 4.78 is 16.3. The second-order valence-electron chi connectivity index (χ2n) is 7.81. The van der Waals surface area contributed by atoms with Gasteiger partial charge >= 0.3 is 0 Å². The fraction of sp³-hybridized carbons (Fsp3) is 0.292. The number of aromatic nitrogens is 2. The van der Waals surface area contributed by atoms with E-state index in [1.807, 2.05) is 6.07 Å². The molecule has 0 spiro atoms. The Labute approximate surface area is 217 Å². The lowest BCUT2D eigenvalue weighted by Crippen LogP contribution is -2.52. The minimum absolute atomic E-state index is 0.154. The van der Waals surface area contributed by atoms with E-state index >= 15 is 0 Å².